The minimum absolute atomic E-state index is 0.340. The van der Waals surface area contributed by atoms with Crippen molar-refractivity contribution in [1.29, 1.82) is 0 Å². The molecule has 2 saturated carbocycles. The van der Waals surface area contributed by atoms with E-state index in [2.05, 4.69) is 0 Å². The van der Waals surface area contributed by atoms with E-state index in [1.165, 1.54) is 38.5 Å². The fourth-order valence-electron chi connectivity index (χ4n) is 4.67. The van der Waals surface area contributed by atoms with Crippen molar-refractivity contribution in [2.45, 2.75) is 82.5 Å². The first-order chi connectivity index (χ1) is 11.6. The summed E-state index contributed by atoms with van der Waals surface area (Å²) in [6.45, 7) is 0. The lowest BCUT2D eigenvalue weighted by Gasteiger charge is -2.26. The highest BCUT2D eigenvalue weighted by molar-refractivity contribution is 5.76. The number of hydrogen-bond acceptors (Lipinski definition) is 2. The first kappa shape index (κ1) is 17.3. The molecule has 24 heavy (non-hydrogen) atoms. The van der Waals surface area contributed by atoms with Crippen LogP contribution in [0, 0.1) is 5.92 Å². The summed E-state index contributed by atoms with van der Waals surface area (Å²) in [6, 6.07) is 5.53. The van der Waals surface area contributed by atoms with Crippen LogP contribution in [0.4, 0.5) is 0 Å². The first-order valence-corrected chi connectivity index (χ1v) is 9.70. The van der Waals surface area contributed by atoms with Crippen molar-refractivity contribution in [1.82, 2.24) is 0 Å². The summed E-state index contributed by atoms with van der Waals surface area (Å²) in [4.78, 5) is 11.9. The molecule has 0 bridgehead atoms. The number of carbonyl (C=O) groups is 1. The summed E-state index contributed by atoms with van der Waals surface area (Å²) < 4.78 is 0. The molecule has 0 heterocycles. The van der Waals surface area contributed by atoms with Gasteiger partial charge in [-0.3, -0.25) is 4.79 Å². The summed E-state index contributed by atoms with van der Waals surface area (Å²) in [7, 11) is 0. The maximum absolute atomic E-state index is 11.9. The van der Waals surface area contributed by atoms with Gasteiger partial charge in [0.15, 0.2) is 0 Å². The fourth-order valence-corrected chi connectivity index (χ4v) is 4.67. The van der Waals surface area contributed by atoms with Crippen LogP contribution in [0.2, 0.25) is 0 Å². The van der Waals surface area contributed by atoms with E-state index < -0.39 is 11.9 Å². The predicted octanol–water partition coefficient (Wildman–Crippen LogP) is 5.58. The molecule has 2 aliphatic rings. The number of carboxylic acids is 1. The number of carboxylic acid groups (broad SMARTS) is 1. The van der Waals surface area contributed by atoms with Crippen LogP contribution in [0.5, 0.6) is 5.75 Å². The average molecular weight is 330 g/mol. The topological polar surface area (TPSA) is 57.5 Å². The van der Waals surface area contributed by atoms with Crippen LogP contribution in [0.15, 0.2) is 18.2 Å². The largest absolute Gasteiger partial charge is 0.508 e. The van der Waals surface area contributed by atoms with Gasteiger partial charge in [0.05, 0.1) is 5.92 Å². The van der Waals surface area contributed by atoms with Gasteiger partial charge >= 0.3 is 5.97 Å². The third-order valence-electron chi connectivity index (χ3n) is 6.09. The molecule has 3 heteroatoms. The molecule has 3 nitrogen and oxygen atoms in total. The first-order valence-electron chi connectivity index (χ1n) is 9.70. The number of aromatic hydroxyl groups is 1. The molecule has 1 unspecified atom stereocenters. The van der Waals surface area contributed by atoms with E-state index in [1.54, 1.807) is 6.07 Å². The molecular formula is C21H30O3. The van der Waals surface area contributed by atoms with Crippen molar-refractivity contribution in [2.75, 3.05) is 0 Å². The number of hydrogen-bond donors (Lipinski definition) is 2. The smallest absolute Gasteiger partial charge is 0.310 e. The van der Waals surface area contributed by atoms with Crippen molar-refractivity contribution in [3.8, 4) is 5.75 Å². The maximum atomic E-state index is 11.9. The van der Waals surface area contributed by atoms with Crippen molar-refractivity contribution in [2.24, 2.45) is 5.92 Å². The summed E-state index contributed by atoms with van der Waals surface area (Å²) in [5.41, 5.74) is 1.86. The lowest BCUT2D eigenvalue weighted by molar-refractivity contribution is -0.139. The fraction of sp³-hybridized carbons (Fsp3) is 0.667. The van der Waals surface area contributed by atoms with Gasteiger partial charge in [-0.15, -0.1) is 0 Å². The quantitative estimate of drug-likeness (QED) is 0.741. The van der Waals surface area contributed by atoms with Crippen LogP contribution in [0.25, 0.3) is 0 Å². The lowest BCUT2D eigenvalue weighted by Crippen LogP contribution is -2.18. The Kier molecular flexibility index (Phi) is 5.80. The third kappa shape index (κ3) is 4.12. The Hall–Kier alpha value is -1.51. The Morgan fingerprint density at radius 2 is 1.62 bits per heavy atom. The molecule has 0 aromatic heterocycles. The second-order valence-electron chi connectivity index (χ2n) is 7.78. The van der Waals surface area contributed by atoms with E-state index in [0.29, 0.717) is 17.6 Å². The highest BCUT2D eigenvalue weighted by Gasteiger charge is 2.27. The minimum Gasteiger partial charge on any atom is -0.508 e. The van der Waals surface area contributed by atoms with Gasteiger partial charge in [-0.1, -0.05) is 63.5 Å². The number of phenols is 1. The SMILES string of the molecule is O=C(O)C(CC1CCCCC1)c1ccc(O)c(C2CCCCC2)c1. The molecule has 0 spiro atoms. The molecule has 1 aromatic rings. The van der Waals surface area contributed by atoms with Crippen LogP contribution in [0.3, 0.4) is 0 Å². The van der Waals surface area contributed by atoms with E-state index in [0.717, 1.165) is 43.2 Å². The molecule has 0 aliphatic heterocycles. The van der Waals surface area contributed by atoms with Gasteiger partial charge in [0.1, 0.15) is 5.75 Å². The Morgan fingerprint density at radius 3 is 2.25 bits per heavy atom. The summed E-state index contributed by atoms with van der Waals surface area (Å²) >= 11 is 0. The van der Waals surface area contributed by atoms with Crippen LogP contribution >= 0.6 is 0 Å². The monoisotopic (exact) mass is 330 g/mol. The van der Waals surface area contributed by atoms with Crippen LogP contribution in [-0.2, 0) is 4.79 Å². The summed E-state index contributed by atoms with van der Waals surface area (Å²) in [6.07, 6.45) is 12.7. The molecule has 2 aliphatic carbocycles. The summed E-state index contributed by atoms with van der Waals surface area (Å²) in [5, 5.41) is 20.0. The molecule has 0 saturated heterocycles. The normalized spacial score (nSPS) is 21.5. The van der Waals surface area contributed by atoms with Crippen molar-refractivity contribution < 1.29 is 15.0 Å². The Balaban J connectivity index is 1.80. The standard InChI is InChI=1S/C21H30O3/c22-20-12-11-17(14-18(20)16-9-5-2-6-10-16)19(21(23)24)13-15-7-3-1-4-8-15/h11-12,14-16,19,22H,1-10,13H2,(H,23,24). The van der Waals surface area contributed by atoms with Gasteiger partial charge in [-0.2, -0.15) is 0 Å². The zero-order valence-electron chi connectivity index (χ0n) is 14.5. The van der Waals surface area contributed by atoms with Gasteiger partial charge in [0.25, 0.3) is 0 Å². The van der Waals surface area contributed by atoms with Gasteiger partial charge in [-0.25, -0.2) is 0 Å². The van der Waals surface area contributed by atoms with Gasteiger partial charge in [0.2, 0.25) is 0 Å². The molecule has 1 atom stereocenters. The van der Waals surface area contributed by atoms with E-state index in [9.17, 15) is 15.0 Å². The van der Waals surface area contributed by atoms with E-state index in [1.807, 2.05) is 12.1 Å². The van der Waals surface area contributed by atoms with Gasteiger partial charge < -0.3 is 10.2 Å². The maximum Gasteiger partial charge on any atom is 0.310 e. The molecule has 0 radical (unpaired) electrons. The molecule has 2 fully saturated rings. The lowest BCUT2D eigenvalue weighted by atomic mass is 9.78. The highest BCUT2D eigenvalue weighted by atomic mass is 16.4. The number of rotatable bonds is 5. The zero-order valence-corrected chi connectivity index (χ0v) is 14.5. The average Bonchev–Trinajstić information content (AvgIpc) is 2.62. The van der Waals surface area contributed by atoms with Crippen molar-refractivity contribution in [3.05, 3.63) is 29.3 Å². The van der Waals surface area contributed by atoms with Crippen molar-refractivity contribution in [3.63, 3.8) is 0 Å². The van der Waals surface area contributed by atoms with Crippen LogP contribution in [-0.4, -0.2) is 16.2 Å². The summed E-state index contributed by atoms with van der Waals surface area (Å²) in [5.74, 6) is 0.110. The number of phenolic OH excluding ortho intramolecular Hbond substituents is 1. The second kappa shape index (κ2) is 8.04. The number of aliphatic carboxylic acids is 1. The van der Waals surface area contributed by atoms with Gasteiger partial charge in [-0.05, 0) is 48.3 Å². The van der Waals surface area contributed by atoms with E-state index in [4.69, 9.17) is 0 Å². The Labute approximate surface area is 145 Å². The molecule has 2 N–H and O–H groups in total. The molecule has 132 valence electrons. The van der Waals surface area contributed by atoms with Crippen molar-refractivity contribution >= 4 is 5.97 Å². The zero-order chi connectivity index (χ0) is 16.9. The predicted molar refractivity (Wildman–Crippen MR) is 95.5 cm³/mol. The molecular weight excluding hydrogens is 300 g/mol. The Morgan fingerprint density at radius 1 is 1.00 bits per heavy atom. The second-order valence-corrected chi connectivity index (χ2v) is 7.78. The van der Waals surface area contributed by atoms with E-state index in [-0.39, 0.29) is 0 Å². The molecule has 1 aromatic carbocycles. The number of benzene rings is 1. The van der Waals surface area contributed by atoms with Crippen LogP contribution < -0.4 is 0 Å². The van der Waals surface area contributed by atoms with Crippen LogP contribution in [0.1, 0.15) is 93.6 Å². The molecule has 0 amide bonds. The van der Waals surface area contributed by atoms with E-state index >= 15 is 0 Å². The van der Waals surface area contributed by atoms with Gasteiger partial charge in [0, 0.05) is 0 Å². The highest BCUT2D eigenvalue weighted by Crippen LogP contribution is 2.40. The third-order valence-corrected chi connectivity index (χ3v) is 6.09. The minimum atomic E-state index is -0.721. The molecule has 3 rings (SSSR count). The Bertz CT molecular complexity index is 554.